The molecule has 0 radical (unpaired) electrons. The summed E-state index contributed by atoms with van der Waals surface area (Å²) < 4.78 is 18.7. The largest absolute Gasteiger partial charge is 0.591 e. The molecule has 3 rings (SSSR count). The molecule has 1 atom stereocenters. The summed E-state index contributed by atoms with van der Waals surface area (Å²) in [5, 5.41) is 13.5. The Hall–Kier alpha value is -1.54. The molecular formula is C16H24N4O3S. The van der Waals surface area contributed by atoms with Crippen molar-refractivity contribution < 1.29 is 14.5 Å². The smallest absolute Gasteiger partial charge is 0.407 e. The number of amides is 1. The number of hydrogen-bond donors (Lipinski definition) is 1. The summed E-state index contributed by atoms with van der Waals surface area (Å²) in [5.74, 6) is 0. The number of fused-ring (bicyclic) bond motifs is 1. The number of piperidine rings is 1. The molecule has 1 aromatic heterocycles. The Kier molecular flexibility index (Phi) is 4.16. The summed E-state index contributed by atoms with van der Waals surface area (Å²) in [6.07, 6.45) is 3.11. The monoisotopic (exact) mass is 352 g/mol. The number of nitrogens with zero attached hydrogens (tertiary/aromatic N) is 4. The molecule has 7 nitrogen and oxygen atoms in total. The number of hydrogen-bond acceptors (Lipinski definition) is 4. The van der Waals surface area contributed by atoms with Gasteiger partial charge >= 0.3 is 6.09 Å². The quantitative estimate of drug-likeness (QED) is 0.782. The highest BCUT2D eigenvalue weighted by Gasteiger charge is 2.49. The van der Waals surface area contributed by atoms with Gasteiger partial charge in [-0.15, -0.1) is 0 Å². The van der Waals surface area contributed by atoms with E-state index in [1.54, 1.807) is 6.20 Å². The standard InChI is InChI=1S/C16H24N4O3S/c1-15(2,3)24(23)18-13-11-10-17-19(4)12(11)9-16(13)5-7-20(8-6-16)14(21)22/h10H,5-9H2,1-4H3,(H,21,22)/b18-13+/t24-/m1/s1. The van der Waals surface area contributed by atoms with E-state index < -0.39 is 22.2 Å². The van der Waals surface area contributed by atoms with Gasteiger partial charge in [-0.2, -0.15) is 5.10 Å². The van der Waals surface area contributed by atoms with Crippen molar-refractivity contribution in [3.05, 3.63) is 17.5 Å². The van der Waals surface area contributed by atoms with Crippen LogP contribution in [0.1, 0.15) is 44.9 Å². The fraction of sp³-hybridized carbons (Fsp3) is 0.688. The maximum atomic E-state index is 12.6. The fourth-order valence-electron chi connectivity index (χ4n) is 3.47. The zero-order chi connectivity index (χ0) is 17.7. The van der Waals surface area contributed by atoms with E-state index in [-0.39, 0.29) is 5.41 Å². The van der Waals surface area contributed by atoms with E-state index in [9.17, 15) is 14.5 Å². The van der Waals surface area contributed by atoms with Gasteiger partial charge in [0, 0.05) is 43.2 Å². The fourth-order valence-corrected chi connectivity index (χ4v) is 4.20. The van der Waals surface area contributed by atoms with Gasteiger partial charge in [0.15, 0.2) is 0 Å². The molecule has 1 aliphatic carbocycles. The van der Waals surface area contributed by atoms with Crippen LogP contribution in [0.3, 0.4) is 0 Å². The van der Waals surface area contributed by atoms with Crippen LogP contribution < -0.4 is 0 Å². The van der Waals surface area contributed by atoms with E-state index in [4.69, 9.17) is 0 Å². The van der Waals surface area contributed by atoms with Crippen LogP contribution in [0.25, 0.3) is 0 Å². The summed E-state index contributed by atoms with van der Waals surface area (Å²) in [6.45, 7) is 6.69. The summed E-state index contributed by atoms with van der Waals surface area (Å²) in [4.78, 5) is 12.7. The third kappa shape index (κ3) is 2.82. The molecule has 0 bridgehead atoms. The van der Waals surface area contributed by atoms with E-state index in [1.165, 1.54) is 4.90 Å². The normalized spacial score (nSPS) is 22.9. The lowest BCUT2D eigenvalue weighted by molar-refractivity contribution is 0.114. The minimum Gasteiger partial charge on any atom is -0.591 e. The first-order valence-electron chi connectivity index (χ1n) is 8.14. The van der Waals surface area contributed by atoms with E-state index >= 15 is 0 Å². The molecule has 0 aromatic carbocycles. The first-order chi connectivity index (χ1) is 11.1. The number of aromatic nitrogens is 2. The Morgan fingerprint density at radius 3 is 2.58 bits per heavy atom. The second-order valence-corrected chi connectivity index (χ2v) is 9.56. The van der Waals surface area contributed by atoms with Crippen LogP contribution in [0, 0.1) is 5.41 Å². The Morgan fingerprint density at radius 2 is 2.04 bits per heavy atom. The van der Waals surface area contributed by atoms with Crippen molar-refractivity contribution in [2.45, 2.75) is 44.8 Å². The van der Waals surface area contributed by atoms with Crippen molar-refractivity contribution in [3.8, 4) is 0 Å². The molecule has 132 valence electrons. The van der Waals surface area contributed by atoms with Gasteiger partial charge in [-0.05, 0) is 33.6 Å². The Balaban J connectivity index is 1.98. The van der Waals surface area contributed by atoms with Crippen LogP contribution in [0.5, 0.6) is 0 Å². The van der Waals surface area contributed by atoms with Gasteiger partial charge in [0.05, 0.1) is 6.20 Å². The van der Waals surface area contributed by atoms with Crippen molar-refractivity contribution >= 4 is 23.2 Å². The van der Waals surface area contributed by atoms with Crippen molar-refractivity contribution in [2.75, 3.05) is 13.1 Å². The molecule has 0 unspecified atom stereocenters. The number of likely N-dealkylation sites (tertiary alicyclic amines) is 1. The zero-order valence-corrected chi connectivity index (χ0v) is 15.4. The molecule has 1 aliphatic heterocycles. The van der Waals surface area contributed by atoms with Crippen LogP contribution in [0.4, 0.5) is 4.79 Å². The van der Waals surface area contributed by atoms with Crippen molar-refractivity contribution in [3.63, 3.8) is 0 Å². The lowest BCUT2D eigenvalue weighted by Crippen LogP contribution is -2.46. The predicted molar refractivity (Wildman–Crippen MR) is 92.6 cm³/mol. The summed E-state index contributed by atoms with van der Waals surface area (Å²) in [7, 11) is 1.91. The van der Waals surface area contributed by atoms with Gasteiger partial charge < -0.3 is 14.6 Å². The van der Waals surface area contributed by atoms with Crippen molar-refractivity contribution in [2.24, 2.45) is 16.9 Å². The molecular weight excluding hydrogens is 328 g/mol. The van der Waals surface area contributed by atoms with Gasteiger partial charge in [-0.3, -0.25) is 4.68 Å². The molecule has 2 heterocycles. The van der Waals surface area contributed by atoms with Crippen LogP contribution in [0.2, 0.25) is 0 Å². The Labute approximate surface area is 145 Å². The van der Waals surface area contributed by atoms with Crippen LogP contribution in [-0.4, -0.2) is 54.0 Å². The van der Waals surface area contributed by atoms with Gasteiger partial charge in [-0.1, -0.05) is 4.40 Å². The number of carboxylic acid groups (broad SMARTS) is 1. The van der Waals surface area contributed by atoms with Gasteiger partial charge in [0.25, 0.3) is 0 Å². The zero-order valence-electron chi connectivity index (χ0n) is 14.6. The predicted octanol–water partition coefficient (Wildman–Crippen LogP) is 1.99. The molecule has 1 N–H and O–H groups in total. The molecule has 24 heavy (non-hydrogen) atoms. The molecule has 1 aromatic rings. The maximum Gasteiger partial charge on any atom is 0.407 e. The highest BCUT2D eigenvalue weighted by molar-refractivity contribution is 7.91. The molecule has 0 saturated carbocycles. The first-order valence-corrected chi connectivity index (χ1v) is 9.25. The summed E-state index contributed by atoms with van der Waals surface area (Å²) in [5.41, 5.74) is 2.70. The second kappa shape index (κ2) is 5.77. The van der Waals surface area contributed by atoms with Crippen LogP contribution in [-0.2, 0) is 24.8 Å². The highest BCUT2D eigenvalue weighted by Crippen LogP contribution is 2.45. The summed E-state index contributed by atoms with van der Waals surface area (Å²) in [6, 6.07) is 0. The van der Waals surface area contributed by atoms with Crippen molar-refractivity contribution in [1.82, 2.24) is 14.7 Å². The average molecular weight is 352 g/mol. The SMILES string of the molecule is Cn1ncc2c1CC1(CCN(C(=O)O)CC1)/C2=N/[S@+]([O-])C(C)(C)C. The second-order valence-electron chi connectivity index (χ2n) is 7.66. The van der Waals surface area contributed by atoms with E-state index in [1.807, 2.05) is 32.5 Å². The Morgan fingerprint density at radius 1 is 1.42 bits per heavy atom. The molecule has 1 amide bonds. The van der Waals surface area contributed by atoms with Gasteiger partial charge in [0.2, 0.25) is 0 Å². The average Bonchev–Trinajstić information content (AvgIpc) is 2.98. The number of rotatable bonds is 1. The number of aryl methyl sites for hydroxylation is 1. The van der Waals surface area contributed by atoms with E-state index in [0.29, 0.717) is 25.9 Å². The van der Waals surface area contributed by atoms with Gasteiger partial charge in [0.1, 0.15) is 21.8 Å². The highest BCUT2D eigenvalue weighted by atomic mass is 32.2. The van der Waals surface area contributed by atoms with Crippen LogP contribution in [0.15, 0.2) is 10.6 Å². The van der Waals surface area contributed by atoms with E-state index in [0.717, 1.165) is 23.4 Å². The van der Waals surface area contributed by atoms with Gasteiger partial charge in [-0.25, -0.2) is 4.79 Å². The first kappa shape index (κ1) is 17.3. The third-order valence-electron chi connectivity index (χ3n) is 5.01. The number of carbonyl (C=O) groups is 1. The molecule has 2 aliphatic rings. The minimum atomic E-state index is -1.35. The molecule has 1 saturated heterocycles. The molecule has 1 fully saturated rings. The van der Waals surface area contributed by atoms with Crippen molar-refractivity contribution in [1.29, 1.82) is 0 Å². The molecule has 1 spiro atoms. The lowest BCUT2D eigenvalue weighted by Gasteiger charge is -2.38. The third-order valence-corrected chi connectivity index (χ3v) is 6.41. The lowest BCUT2D eigenvalue weighted by atomic mass is 9.75. The van der Waals surface area contributed by atoms with Crippen LogP contribution >= 0.6 is 0 Å². The molecule has 8 heteroatoms. The summed E-state index contributed by atoms with van der Waals surface area (Å²) >= 11 is -1.35. The minimum absolute atomic E-state index is 0.224. The topological polar surface area (TPSA) is 93.8 Å². The van der Waals surface area contributed by atoms with E-state index in [2.05, 4.69) is 9.50 Å². The maximum absolute atomic E-state index is 12.6. The Bertz CT molecular complexity index is 684.